The van der Waals surface area contributed by atoms with Crippen LogP contribution < -0.4 is 9.62 Å². The van der Waals surface area contributed by atoms with Crippen molar-refractivity contribution in [3.05, 3.63) is 41.8 Å². The van der Waals surface area contributed by atoms with E-state index in [9.17, 15) is 13.2 Å². The molecule has 0 spiro atoms. The first-order chi connectivity index (χ1) is 11.5. The number of rotatable bonds is 6. The zero-order chi connectivity index (χ0) is 17.2. The van der Waals surface area contributed by atoms with Gasteiger partial charge in [0.05, 0.1) is 10.6 Å². The van der Waals surface area contributed by atoms with Gasteiger partial charge >= 0.3 is 0 Å². The maximum Gasteiger partial charge on any atom is 0.240 e. The maximum absolute atomic E-state index is 12.3. The molecule has 1 fully saturated rings. The number of hydrogen-bond donors (Lipinski definition) is 1. The van der Waals surface area contributed by atoms with E-state index in [0.717, 1.165) is 12.1 Å². The topological polar surface area (TPSA) is 92.5 Å². The summed E-state index contributed by atoms with van der Waals surface area (Å²) in [5.41, 5.74) is 1.44. The van der Waals surface area contributed by atoms with Crippen molar-refractivity contribution in [2.24, 2.45) is 0 Å². The summed E-state index contributed by atoms with van der Waals surface area (Å²) in [4.78, 5) is 13.6. The second-order valence-corrected chi connectivity index (χ2v) is 7.49. The molecule has 8 heteroatoms. The van der Waals surface area contributed by atoms with E-state index < -0.39 is 10.0 Å². The van der Waals surface area contributed by atoms with E-state index in [1.807, 2.05) is 0 Å². The molecule has 128 valence electrons. The molecule has 24 heavy (non-hydrogen) atoms. The Morgan fingerprint density at radius 1 is 1.29 bits per heavy atom. The van der Waals surface area contributed by atoms with Gasteiger partial charge in [0, 0.05) is 37.7 Å². The first-order valence-electron chi connectivity index (χ1n) is 7.78. The van der Waals surface area contributed by atoms with Crippen molar-refractivity contribution in [3.8, 4) is 0 Å². The summed E-state index contributed by atoms with van der Waals surface area (Å²) < 4.78 is 32.1. The van der Waals surface area contributed by atoms with Crippen LogP contribution in [0.2, 0.25) is 0 Å². The van der Waals surface area contributed by atoms with Crippen LogP contribution in [-0.4, -0.2) is 32.6 Å². The fraction of sp³-hybridized carbons (Fsp3) is 0.375. The van der Waals surface area contributed by atoms with Crippen LogP contribution in [0.5, 0.6) is 0 Å². The average molecular weight is 349 g/mol. The van der Waals surface area contributed by atoms with Gasteiger partial charge in [-0.3, -0.25) is 4.79 Å². The van der Waals surface area contributed by atoms with Crippen molar-refractivity contribution in [2.45, 2.75) is 31.1 Å². The van der Waals surface area contributed by atoms with Crippen molar-refractivity contribution in [1.29, 1.82) is 0 Å². The summed E-state index contributed by atoms with van der Waals surface area (Å²) in [6.45, 7) is 2.70. The number of aryl methyl sites for hydroxylation is 1. The van der Waals surface area contributed by atoms with Crippen LogP contribution in [0, 0.1) is 6.92 Å². The van der Waals surface area contributed by atoms with E-state index in [0.29, 0.717) is 30.8 Å². The highest BCUT2D eigenvalue weighted by molar-refractivity contribution is 7.89. The Balaban J connectivity index is 1.62. The van der Waals surface area contributed by atoms with E-state index in [2.05, 4.69) is 9.88 Å². The highest BCUT2D eigenvalue weighted by atomic mass is 32.2. The number of aromatic nitrogens is 1. The van der Waals surface area contributed by atoms with Crippen LogP contribution >= 0.6 is 0 Å². The molecule has 0 unspecified atom stereocenters. The number of anilines is 1. The van der Waals surface area contributed by atoms with E-state index >= 15 is 0 Å². The smallest absolute Gasteiger partial charge is 0.240 e. The van der Waals surface area contributed by atoms with Gasteiger partial charge in [-0.25, -0.2) is 13.1 Å². The Bertz CT molecular complexity index is 827. The average Bonchev–Trinajstić information content (AvgIpc) is 3.16. The lowest BCUT2D eigenvalue weighted by molar-refractivity contribution is -0.117. The second-order valence-electron chi connectivity index (χ2n) is 5.72. The summed E-state index contributed by atoms with van der Waals surface area (Å²) in [5.74, 6) is 0.770. The molecular formula is C16H19N3O4S. The molecule has 1 aliphatic heterocycles. The summed E-state index contributed by atoms with van der Waals surface area (Å²) >= 11 is 0. The Hall–Kier alpha value is -2.19. The Morgan fingerprint density at radius 3 is 2.62 bits per heavy atom. The molecule has 0 radical (unpaired) electrons. The third kappa shape index (κ3) is 3.65. The van der Waals surface area contributed by atoms with Crippen LogP contribution in [-0.2, 0) is 21.2 Å². The predicted molar refractivity (Wildman–Crippen MR) is 88.2 cm³/mol. The predicted octanol–water partition coefficient (Wildman–Crippen LogP) is 1.63. The van der Waals surface area contributed by atoms with Gasteiger partial charge in [0.25, 0.3) is 0 Å². The molecule has 0 atom stereocenters. The van der Waals surface area contributed by atoms with Crippen LogP contribution in [0.4, 0.5) is 5.69 Å². The standard InChI is InChI=1S/C16H19N3O4S/c1-12-11-13(18-23-12)8-9-17-24(21,22)15-6-4-14(5-7-15)19-10-2-3-16(19)20/h4-7,11,17H,2-3,8-10H2,1H3. The molecule has 1 aliphatic rings. The molecule has 1 saturated heterocycles. The molecule has 2 aromatic rings. The van der Waals surface area contributed by atoms with E-state index in [4.69, 9.17) is 4.52 Å². The van der Waals surface area contributed by atoms with Gasteiger partial charge < -0.3 is 9.42 Å². The van der Waals surface area contributed by atoms with Crippen molar-refractivity contribution in [1.82, 2.24) is 9.88 Å². The zero-order valence-electron chi connectivity index (χ0n) is 13.4. The number of amides is 1. The molecule has 0 saturated carbocycles. The van der Waals surface area contributed by atoms with Crippen molar-refractivity contribution in [2.75, 3.05) is 18.0 Å². The largest absolute Gasteiger partial charge is 0.361 e. The first kappa shape index (κ1) is 16.7. The maximum atomic E-state index is 12.3. The molecule has 1 aromatic carbocycles. The lowest BCUT2D eigenvalue weighted by atomic mass is 10.3. The lowest BCUT2D eigenvalue weighted by Gasteiger charge is -2.16. The van der Waals surface area contributed by atoms with Gasteiger partial charge in [-0.05, 0) is 37.6 Å². The van der Waals surface area contributed by atoms with Gasteiger partial charge in [-0.2, -0.15) is 0 Å². The molecule has 0 bridgehead atoms. The SMILES string of the molecule is Cc1cc(CCNS(=O)(=O)c2ccc(N3CCCC3=O)cc2)no1. The molecule has 1 amide bonds. The molecule has 0 aliphatic carbocycles. The minimum atomic E-state index is -3.59. The molecule has 7 nitrogen and oxygen atoms in total. The second kappa shape index (κ2) is 6.74. The number of sulfonamides is 1. The van der Waals surface area contributed by atoms with Gasteiger partial charge in [0.1, 0.15) is 5.76 Å². The summed E-state index contributed by atoms with van der Waals surface area (Å²) in [7, 11) is -3.59. The van der Waals surface area contributed by atoms with Gasteiger partial charge in [0.2, 0.25) is 15.9 Å². The molecule has 1 N–H and O–H groups in total. The van der Waals surface area contributed by atoms with Crippen LogP contribution in [0.25, 0.3) is 0 Å². The molecule has 3 rings (SSSR count). The normalized spacial score (nSPS) is 15.2. The first-order valence-corrected chi connectivity index (χ1v) is 9.26. The van der Waals surface area contributed by atoms with Crippen LogP contribution in [0.1, 0.15) is 24.3 Å². The fourth-order valence-electron chi connectivity index (χ4n) is 2.66. The Morgan fingerprint density at radius 2 is 2.04 bits per heavy atom. The quantitative estimate of drug-likeness (QED) is 0.856. The van der Waals surface area contributed by atoms with Gasteiger partial charge in [-0.1, -0.05) is 5.16 Å². The summed E-state index contributed by atoms with van der Waals surface area (Å²) in [6, 6.07) is 8.14. The van der Waals surface area contributed by atoms with Crippen molar-refractivity contribution < 1.29 is 17.7 Å². The highest BCUT2D eigenvalue weighted by Gasteiger charge is 2.22. The molecule has 2 heterocycles. The third-order valence-corrected chi connectivity index (χ3v) is 5.36. The van der Waals surface area contributed by atoms with E-state index in [1.165, 1.54) is 12.1 Å². The van der Waals surface area contributed by atoms with Gasteiger partial charge in [-0.15, -0.1) is 0 Å². The van der Waals surface area contributed by atoms with Gasteiger partial charge in [0.15, 0.2) is 0 Å². The summed E-state index contributed by atoms with van der Waals surface area (Å²) in [5, 5.41) is 3.82. The Labute approximate surface area is 140 Å². The Kier molecular flexibility index (Phi) is 4.68. The number of nitrogens with one attached hydrogen (secondary N) is 1. The number of nitrogens with zero attached hydrogens (tertiary/aromatic N) is 2. The van der Waals surface area contributed by atoms with E-state index in [1.54, 1.807) is 30.0 Å². The minimum Gasteiger partial charge on any atom is -0.361 e. The highest BCUT2D eigenvalue weighted by Crippen LogP contribution is 2.22. The van der Waals surface area contributed by atoms with Crippen molar-refractivity contribution in [3.63, 3.8) is 0 Å². The fourth-order valence-corrected chi connectivity index (χ4v) is 3.69. The zero-order valence-corrected chi connectivity index (χ0v) is 14.2. The number of carbonyl (C=O) groups excluding carboxylic acids is 1. The number of carbonyl (C=O) groups is 1. The number of hydrogen-bond acceptors (Lipinski definition) is 5. The lowest BCUT2D eigenvalue weighted by Crippen LogP contribution is -2.26. The van der Waals surface area contributed by atoms with E-state index in [-0.39, 0.29) is 17.3 Å². The molecular weight excluding hydrogens is 330 g/mol. The monoisotopic (exact) mass is 349 g/mol. The molecule has 1 aromatic heterocycles. The minimum absolute atomic E-state index is 0.0756. The van der Waals surface area contributed by atoms with Crippen LogP contribution in [0.15, 0.2) is 39.8 Å². The van der Waals surface area contributed by atoms with Crippen LogP contribution in [0.3, 0.4) is 0 Å². The third-order valence-electron chi connectivity index (χ3n) is 3.88. The summed E-state index contributed by atoms with van der Waals surface area (Å²) in [6.07, 6.45) is 1.84. The van der Waals surface area contributed by atoms with Crippen molar-refractivity contribution >= 4 is 21.6 Å². The number of benzene rings is 1.